The number of anilines is 2. The third kappa shape index (κ3) is 2.81. The molecule has 3 heterocycles. The van der Waals surface area contributed by atoms with Crippen molar-refractivity contribution in [2.24, 2.45) is 7.05 Å². The molecule has 1 saturated carbocycles. The van der Waals surface area contributed by atoms with Gasteiger partial charge in [-0.2, -0.15) is 10.1 Å². The molecule has 1 aromatic carbocycles. The number of aryl methyl sites for hydroxylation is 1. The van der Waals surface area contributed by atoms with Crippen LogP contribution in [0.25, 0.3) is 22.3 Å². The minimum Gasteiger partial charge on any atom is -0.454 e. The molecule has 5 rings (SSSR count). The number of nitrogens with one attached hydrogen (secondary N) is 1. The van der Waals surface area contributed by atoms with Crippen LogP contribution in [-0.2, 0) is 7.05 Å². The zero-order valence-electron chi connectivity index (χ0n) is 15.2. The lowest BCUT2D eigenvalue weighted by Gasteiger charge is -2.22. The molecule has 0 atom stereocenters. The second-order valence-electron chi connectivity index (χ2n) is 7.15. The maximum Gasteiger partial charge on any atom is 0.231 e. The van der Waals surface area contributed by atoms with Gasteiger partial charge in [-0.3, -0.25) is 4.68 Å². The molecule has 8 heteroatoms. The van der Waals surface area contributed by atoms with Crippen LogP contribution in [0.1, 0.15) is 32.1 Å². The van der Waals surface area contributed by atoms with E-state index in [2.05, 4.69) is 15.4 Å². The van der Waals surface area contributed by atoms with Crippen LogP contribution in [0.2, 0.25) is 0 Å². The third-order valence-electron chi connectivity index (χ3n) is 5.32. The fraction of sp³-hybridized carbons (Fsp3) is 0.421. The van der Waals surface area contributed by atoms with E-state index in [1.54, 1.807) is 4.68 Å². The number of fused-ring (bicyclic) bond motifs is 2. The molecular formula is C19H22N6O2. The van der Waals surface area contributed by atoms with E-state index in [1.807, 2.05) is 25.2 Å². The van der Waals surface area contributed by atoms with Crippen molar-refractivity contribution in [2.75, 3.05) is 17.8 Å². The number of nitrogen functional groups attached to an aromatic ring is 1. The summed E-state index contributed by atoms with van der Waals surface area (Å²) in [5.74, 6) is 2.59. The molecule has 1 fully saturated rings. The number of aromatic nitrogens is 4. The molecule has 0 amide bonds. The number of rotatable bonds is 3. The second kappa shape index (κ2) is 6.29. The Morgan fingerprint density at radius 3 is 2.78 bits per heavy atom. The highest BCUT2D eigenvalue weighted by Gasteiger charge is 2.21. The zero-order chi connectivity index (χ0) is 18.4. The summed E-state index contributed by atoms with van der Waals surface area (Å²) >= 11 is 0. The first kappa shape index (κ1) is 16.2. The van der Waals surface area contributed by atoms with Gasteiger partial charge in [0.15, 0.2) is 17.1 Å². The Morgan fingerprint density at radius 1 is 1.11 bits per heavy atom. The van der Waals surface area contributed by atoms with Gasteiger partial charge in [0, 0.05) is 18.7 Å². The maximum absolute atomic E-state index is 6.27. The first-order chi connectivity index (χ1) is 13.2. The Labute approximate surface area is 156 Å². The number of benzene rings is 1. The Kier molecular flexibility index (Phi) is 3.77. The van der Waals surface area contributed by atoms with Gasteiger partial charge in [0.25, 0.3) is 0 Å². The van der Waals surface area contributed by atoms with Crippen LogP contribution in [0, 0.1) is 0 Å². The molecule has 0 bridgehead atoms. The lowest BCUT2D eigenvalue weighted by atomic mass is 9.96. The Morgan fingerprint density at radius 2 is 1.93 bits per heavy atom. The van der Waals surface area contributed by atoms with Gasteiger partial charge in [-0.25, -0.2) is 4.98 Å². The van der Waals surface area contributed by atoms with E-state index in [0.29, 0.717) is 29.2 Å². The van der Waals surface area contributed by atoms with Crippen molar-refractivity contribution in [3.05, 3.63) is 18.2 Å². The van der Waals surface area contributed by atoms with Crippen LogP contribution >= 0.6 is 0 Å². The lowest BCUT2D eigenvalue weighted by molar-refractivity contribution is 0.174. The van der Waals surface area contributed by atoms with Gasteiger partial charge >= 0.3 is 0 Å². The number of nitrogens with zero attached hydrogens (tertiary/aromatic N) is 4. The van der Waals surface area contributed by atoms with Crippen LogP contribution in [0.4, 0.5) is 11.8 Å². The second-order valence-corrected chi connectivity index (χ2v) is 7.15. The highest BCUT2D eigenvalue weighted by Crippen LogP contribution is 2.38. The molecule has 2 aromatic heterocycles. The summed E-state index contributed by atoms with van der Waals surface area (Å²) in [7, 11) is 1.81. The average molecular weight is 366 g/mol. The average Bonchev–Trinajstić information content (AvgIpc) is 3.26. The van der Waals surface area contributed by atoms with Crippen LogP contribution < -0.4 is 20.5 Å². The van der Waals surface area contributed by atoms with E-state index >= 15 is 0 Å². The summed E-state index contributed by atoms with van der Waals surface area (Å²) < 4.78 is 12.6. The third-order valence-corrected chi connectivity index (χ3v) is 5.32. The molecule has 3 aromatic rings. The molecule has 140 valence electrons. The number of hydrogen-bond donors (Lipinski definition) is 2. The lowest BCUT2D eigenvalue weighted by Crippen LogP contribution is -2.23. The van der Waals surface area contributed by atoms with Crippen LogP contribution in [0.3, 0.4) is 0 Å². The van der Waals surface area contributed by atoms with E-state index < -0.39 is 0 Å². The maximum atomic E-state index is 6.27. The Bertz CT molecular complexity index is 1010. The Hall–Kier alpha value is -3.03. The summed E-state index contributed by atoms with van der Waals surface area (Å²) in [6.45, 7) is 0.238. The van der Waals surface area contributed by atoms with Gasteiger partial charge in [0.1, 0.15) is 5.82 Å². The van der Waals surface area contributed by atoms with Crippen molar-refractivity contribution in [2.45, 2.75) is 38.1 Å². The van der Waals surface area contributed by atoms with Gasteiger partial charge in [0.05, 0.1) is 11.1 Å². The normalized spacial score (nSPS) is 16.8. The standard InChI is InChI=1S/C19H22N6O2/c1-25-17(20)15-16(11-7-8-13-14(9-11)27-10-26-13)22-19(23-18(15)24-25)21-12-5-3-2-4-6-12/h7-9,12H,2-6,10,20H2,1H3,(H,21,23,24). The number of hydrogen-bond acceptors (Lipinski definition) is 7. The first-order valence-corrected chi connectivity index (χ1v) is 9.36. The minimum absolute atomic E-state index is 0.238. The van der Waals surface area contributed by atoms with Gasteiger partial charge < -0.3 is 20.5 Å². The zero-order valence-corrected chi connectivity index (χ0v) is 15.2. The summed E-state index contributed by atoms with van der Waals surface area (Å²) in [5.41, 5.74) is 8.51. The fourth-order valence-electron chi connectivity index (χ4n) is 3.86. The van der Waals surface area contributed by atoms with E-state index in [-0.39, 0.29) is 6.79 Å². The minimum atomic E-state index is 0.238. The predicted molar refractivity (Wildman–Crippen MR) is 103 cm³/mol. The van der Waals surface area contributed by atoms with Crippen LogP contribution in [0.5, 0.6) is 11.5 Å². The molecule has 1 aliphatic heterocycles. The monoisotopic (exact) mass is 366 g/mol. The van der Waals surface area contributed by atoms with Crippen molar-refractivity contribution >= 4 is 22.8 Å². The van der Waals surface area contributed by atoms with Crippen molar-refractivity contribution in [3.63, 3.8) is 0 Å². The number of ether oxygens (including phenoxy) is 2. The molecule has 0 radical (unpaired) electrons. The molecule has 0 saturated heterocycles. The summed E-state index contributed by atoms with van der Waals surface area (Å²) in [6, 6.07) is 6.20. The molecule has 27 heavy (non-hydrogen) atoms. The van der Waals surface area contributed by atoms with Crippen LogP contribution in [0.15, 0.2) is 18.2 Å². The quantitative estimate of drug-likeness (QED) is 0.734. The molecule has 8 nitrogen and oxygen atoms in total. The topological polar surface area (TPSA) is 100 Å². The van der Waals surface area contributed by atoms with E-state index in [0.717, 1.165) is 35.2 Å². The van der Waals surface area contributed by atoms with E-state index in [1.165, 1.54) is 19.3 Å². The van der Waals surface area contributed by atoms with Crippen molar-refractivity contribution in [1.29, 1.82) is 0 Å². The summed E-state index contributed by atoms with van der Waals surface area (Å²) in [6.07, 6.45) is 6.07. The summed E-state index contributed by atoms with van der Waals surface area (Å²) in [5, 5.41) is 8.72. The van der Waals surface area contributed by atoms with Crippen molar-refractivity contribution in [1.82, 2.24) is 19.7 Å². The van der Waals surface area contributed by atoms with Crippen molar-refractivity contribution < 1.29 is 9.47 Å². The van der Waals surface area contributed by atoms with Gasteiger partial charge in [-0.05, 0) is 31.0 Å². The SMILES string of the molecule is Cn1nc2nc(NC3CCCCC3)nc(-c3ccc4c(c3)OCO4)c2c1N. The molecule has 3 N–H and O–H groups in total. The largest absolute Gasteiger partial charge is 0.454 e. The fourth-order valence-corrected chi connectivity index (χ4v) is 3.86. The van der Waals surface area contributed by atoms with Crippen LogP contribution in [-0.4, -0.2) is 32.6 Å². The molecule has 0 unspecified atom stereocenters. The molecule has 0 spiro atoms. The highest BCUT2D eigenvalue weighted by molar-refractivity contribution is 5.99. The summed E-state index contributed by atoms with van der Waals surface area (Å²) in [4.78, 5) is 9.43. The van der Waals surface area contributed by atoms with E-state index in [9.17, 15) is 0 Å². The van der Waals surface area contributed by atoms with Gasteiger partial charge in [-0.1, -0.05) is 19.3 Å². The van der Waals surface area contributed by atoms with Crippen molar-refractivity contribution in [3.8, 4) is 22.8 Å². The van der Waals surface area contributed by atoms with E-state index in [4.69, 9.17) is 20.2 Å². The molecule has 2 aliphatic rings. The molecule has 1 aliphatic carbocycles. The first-order valence-electron chi connectivity index (χ1n) is 9.36. The smallest absolute Gasteiger partial charge is 0.231 e. The van der Waals surface area contributed by atoms with Gasteiger partial charge in [-0.15, -0.1) is 0 Å². The Balaban J connectivity index is 1.62. The number of nitrogens with two attached hydrogens (primary N) is 1. The highest BCUT2D eigenvalue weighted by atomic mass is 16.7. The molecular weight excluding hydrogens is 344 g/mol. The predicted octanol–water partition coefficient (Wildman–Crippen LogP) is 3.09. The van der Waals surface area contributed by atoms with Gasteiger partial charge in [0.2, 0.25) is 12.7 Å².